The maximum Gasteiger partial charge on any atom is 0.237 e. The number of carbonyl (C=O) groups excluding carboxylic acids is 1. The van der Waals surface area contributed by atoms with Gasteiger partial charge < -0.3 is 10.6 Å². The molecule has 19 heavy (non-hydrogen) atoms. The largest absolute Gasteiger partial charge is 0.355 e. The highest BCUT2D eigenvalue weighted by Gasteiger charge is 2.19. The van der Waals surface area contributed by atoms with Crippen LogP contribution in [0.2, 0.25) is 0 Å². The number of nitrogens with one attached hydrogen (secondary N) is 2. The Hall–Kier alpha value is -1.35. The van der Waals surface area contributed by atoms with Crippen molar-refractivity contribution in [3.8, 4) is 0 Å². The minimum atomic E-state index is 0.0285. The van der Waals surface area contributed by atoms with Gasteiger partial charge in [0.05, 0.1) is 6.04 Å². The summed E-state index contributed by atoms with van der Waals surface area (Å²) in [5.74, 6) is 0.653. The fourth-order valence-electron chi connectivity index (χ4n) is 2.56. The third-order valence-corrected chi connectivity index (χ3v) is 3.87. The zero-order chi connectivity index (χ0) is 13.5. The van der Waals surface area contributed by atoms with Crippen LogP contribution in [0, 0.1) is 0 Å². The third kappa shape index (κ3) is 4.35. The minimum Gasteiger partial charge on any atom is -0.355 e. The molecule has 0 spiro atoms. The molecule has 1 unspecified atom stereocenters. The first-order valence-corrected chi connectivity index (χ1v) is 7.33. The molecule has 3 nitrogen and oxygen atoms in total. The van der Waals surface area contributed by atoms with Crippen LogP contribution in [0.4, 0.5) is 0 Å². The van der Waals surface area contributed by atoms with Crippen molar-refractivity contribution in [1.29, 1.82) is 0 Å². The average molecular weight is 260 g/mol. The van der Waals surface area contributed by atoms with E-state index in [0.717, 1.165) is 32.4 Å². The van der Waals surface area contributed by atoms with Crippen LogP contribution in [0.3, 0.4) is 0 Å². The van der Waals surface area contributed by atoms with Gasteiger partial charge in [-0.25, -0.2) is 0 Å². The van der Waals surface area contributed by atoms with E-state index in [1.165, 1.54) is 12.0 Å². The number of piperidine rings is 1. The summed E-state index contributed by atoms with van der Waals surface area (Å²) >= 11 is 0. The number of amides is 1. The van der Waals surface area contributed by atoms with Crippen molar-refractivity contribution in [1.82, 2.24) is 10.6 Å². The van der Waals surface area contributed by atoms with E-state index in [4.69, 9.17) is 0 Å². The van der Waals surface area contributed by atoms with Crippen molar-refractivity contribution in [2.75, 3.05) is 13.1 Å². The molecule has 3 heteroatoms. The molecule has 0 saturated carbocycles. The second-order valence-electron chi connectivity index (χ2n) is 5.39. The second-order valence-corrected chi connectivity index (χ2v) is 5.39. The van der Waals surface area contributed by atoms with Crippen LogP contribution >= 0.6 is 0 Å². The molecule has 2 N–H and O–H groups in total. The Labute approximate surface area is 115 Å². The third-order valence-electron chi connectivity index (χ3n) is 3.87. The van der Waals surface area contributed by atoms with E-state index in [9.17, 15) is 4.79 Å². The van der Waals surface area contributed by atoms with Crippen LogP contribution in [0.5, 0.6) is 0 Å². The van der Waals surface area contributed by atoms with Crippen LogP contribution in [-0.2, 0) is 4.79 Å². The molecule has 1 saturated heterocycles. The number of carbonyl (C=O) groups is 1. The lowest BCUT2D eigenvalue weighted by Crippen LogP contribution is -2.46. The lowest BCUT2D eigenvalue weighted by molar-refractivity contribution is -0.123. The summed E-state index contributed by atoms with van der Waals surface area (Å²) in [5.41, 5.74) is 1.34. The second kappa shape index (κ2) is 7.29. The molecule has 0 aromatic heterocycles. The summed E-state index contributed by atoms with van der Waals surface area (Å²) in [5, 5.41) is 6.33. The van der Waals surface area contributed by atoms with Crippen molar-refractivity contribution >= 4 is 5.91 Å². The molecule has 1 amide bonds. The molecule has 0 bridgehead atoms. The molecule has 1 aromatic carbocycles. The Morgan fingerprint density at radius 1 is 1.37 bits per heavy atom. The molecule has 0 aliphatic carbocycles. The number of rotatable bonds is 5. The zero-order valence-corrected chi connectivity index (χ0v) is 11.7. The summed E-state index contributed by atoms with van der Waals surface area (Å²) in [6.07, 6.45) is 4.31. The van der Waals surface area contributed by atoms with Crippen molar-refractivity contribution < 1.29 is 4.79 Å². The van der Waals surface area contributed by atoms with Gasteiger partial charge in [0.15, 0.2) is 0 Å². The van der Waals surface area contributed by atoms with Gasteiger partial charge in [-0.15, -0.1) is 0 Å². The Morgan fingerprint density at radius 3 is 2.84 bits per heavy atom. The normalized spacial score (nSPS) is 20.8. The number of benzene rings is 1. The number of hydrogen-bond donors (Lipinski definition) is 2. The Bertz CT molecular complexity index is 385. The Balaban J connectivity index is 1.69. The van der Waals surface area contributed by atoms with Gasteiger partial charge in [-0.3, -0.25) is 4.79 Å². The summed E-state index contributed by atoms with van der Waals surface area (Å²) in [6, 6.07) is 10.5. The maximum atomic E-state index is 11.9. The molecule has 1 aromatic rings. The fraction of sp³-hybridized carbons (Fsp3) is 0.562. The monoisotopic (exact) mass is 260 g/mol. The molecular formula is C16H24N2O. The molecule has 0 radical (unpaired) electrons. The van der Waals surface area contributed by atoms with Crippen LogP contribution in [0.1, 0.15) is 44.1 Å². The first-order chi connectivity index (χ1) is 9.27. The highest BCUT2D eigenvalue weighted by molar-refractivity contribution is 5.81. The van der Waals surface area contributed by atoms with E-state index in [-0.39, 0.29) is 11.9 Å². The summed E-state index contributed by atoms with van der Waals surface area (Å²) in [7, 11) is 0. The lowest BCUT2D eigenvalue weighted by Gasteiger charge is -2.23. The van der Waals surface area contributed by atoms with Gasteiger partial charge in [0.2, 0.25) is 5.91 Å². The van der Waals surface area contributed by atoms with E-state index in [1.54, 1.807) is 0 Å². The van der Waals surface area contributed by atoms with E-state index in [2.05, 4.69) is 41.8 Å². The van der Waals surface area contributed by atoms with Crippen molar-refractivity contribution in [3.63, 3.8) is 0 Å². The van der Waals surface area contributed by atoms with Gasteiger partial charge in [0.1, 0.15) is 0 Å². The first-order valence-electron chi connectivity index (χ1n) is 7.33. The smallest absolute Gasteiger partial charge is 0.237 e. The van der Waals surface area contributed by atoms with Crippen molar-refractivity contribution in [2.24, 2.45) is 0 Å². The highest BCUT2D eigenvalue weighted by atomic mass is 16.2. The van der Waals surface area contributed by atoms with E-state index in [0.29, 0.717) is 5.92 Å². The molecular weight excluding hydrogens is 236 g/mol. The van der Waals surface area contributed by atoms with Crippen molar-refractivity contribution in [2.45, 2.75) is 44.6 Å². The molecule has 2 rings (SSSR count). The SMILES string of the molecule is CC(CCNC(=O)[C@@H]1CCCCN1)c1ccccc1. The van der Waals surface area contributed by atoms with Crippen LogP contribution < -0.4 is 10.6 Å². The van der Waals surface area contributed by atoms with Gasteiger partial charge >= 0.3 is 0 Å². The average Bonchev–Trinajstić information content (AvgIpc) is 2.49. The zero-order valence-electron chi connectivity index (χ0n) is 11.7. The Kier molecular flexibility index (Phi) is 5.40. The highest BCUT2D eigenvalue weighted by Crippen LogP contribution is 2.17. The Morgan fingerprint density at radius 2 is 2.16 bits per heavy atom. The number of hydrogen-bond acceptors (Lipinski definition) is 2. The van der Waals surface area contributed by atoms with E-state index < -0.39 is 0 Å². The predicted molar refractivity (Wildman–Crippen MR) is 78.1 cm³/mol. The van der Waals surface area contributed by atoms with Crippen LogP contribution in [0.15, 0.2) is 30.3 Å². The lowest BCUT2D eigenvalue weighted by atomic mass is 9.98. The topological polar surface area (TPSA) is 41.1 Å². The summed E-state index contributed by atoms with van der Waals surface area (Å²) in [4.78, 5) is 11.9. The standard InChI is InChI=1S/C16H24N2O/c1-13(14-7-3-2-4-8-14)10-12-18-16(19)15-9-5-6-11-17-15/h2-4,7-8,13,15,17H,5-6,9-12H2,1H3,(H,18,19)/t13?,15-/m0/s1. The van der Waals surface area contributed by atoms with E-state index in [1.807, 2.05) is 6.07 Å². The van der Waals surface area contributed by atoms with Crippen LogP contribution in [0.25, 0.3) is 0 Å². The molecule has 1 aliphatic rings. The molecule has 104 valence electrons. The fourth-order valence-corrected chi connectivity index (χ4v) is 2.56. The van der Waals surface area contributed by atoms with Gasteiger partial charge in [-0.1, -0.05) is 43.7 Å². The predicted octanol–water partition coefficient (Wildman–Crippen LogP) is 2.44. The van der Waals surface area contributed by atoms with Gasteiger partial charge in [-0.05, 0) is 37.3 Å². The van der Waals surface area contributed by atoms with Crippen molar-refractivity contribution in [3.05, 3.63) is 35.9 Å². The van der Waals surface area contributed by atoms with E-state index >= 15 is 0 Å². The molecule has 1 fully saturated rings. The van der Waals surface area contributed by atoms with Gasteiger partial charge in [-0.2, -0.15) is 0 Å². The summed E-state index contributed by atoms with van der Waals surface area (Å²) < 4.78 is 0. The van der Waals surface area contributed by atoms with Crippen LogP contribution in [-0.4, -0.2) is 25.0 Å². The maximum absolute atomic E-state index is 11.9. The van der Waals surface area contributed by atoms with Gasteiger partial charge in [0, 0.05) is 6.54 Å². The quantitative estimate of drug-likeness (QED) is 0.854. The van der Waals surface area contributed by atoms with Gasteiger partial charge in [0.25, 0.3) is 0 Å². The summed E-state index contributed by atoms with van der Waals surface area (Å²) in [6.45, 7) is 3.94. The minimum absolute atomic E-state index is 0.0285. The molecule has 1 aliphatic heterocycles. The molecule has 2 atom stereocenters. The first kappa shape index (κ1) is 14.1. The molecule has 1 heterocycles.